The van der Waals surface area contributed by atoms with E-state index in [1.165, 1.54) is 25.3 Å². The van der Waals surface area contributed by atoms with Crippen molar-refractivity contribution in [1.82, 2.24) is 4.90 Å². The second-order valence-electron chi connectivity index (χ2n) is 7.06. The van der Waals surface area contributed by atoms with Crippen LogP contribution in [0.4, 0.5) is 5.69 Å². The third-order valence-corrected chi connectivity index (χ3v) is 4.69. The van der Waals surface area contributed by atoms with Gasteiger partial charge in [-0.25, -0.2) is 4.79 Å². The summed E-state index contributed by atoms with van der Waals surface area (Å²) in [6.07, 6.45) is 1.95. The first-order valence-corrected chi connectivity index (χ1v) is 9.16. The lowest BCUT2D eigenvalue weighted by Crippen LogP contribution is -2.45. The lowest BCUT2D eigenvalue weighted by molar-refractivity contribution is -0.385. The van der Waals surface area contributed by atoms with Gasteiger partial charge in [0, 0.05) is 24.2 Å². The third kappa shape index (κ3) is 5.58. The number of methoxy groups -OCH3 is 1. The minimum Gasteiger partial charge on any atom is -0.490 e. The molecule has 1 aromatic rings. The van der Waals surface area contributed by atoms with Crippen LogP contribution in [-0.2, 0) is 14.3 Å². The summed E-state index contributed by atoms with van der Waals surface area (Å²) in [7, 11) is 1.30. The Morgan fingerprint density at radius 2 is 1.93 bits per heavy atom. The number of benzene rings is 1. The topological polar surface area (TPSA) is 108 Å². The fraction of sp³-hybridized carbons (Fsp3) is 0.579. The zero-order chi connectivity index (χ0) is 20.8. The third-order valence-electron chi connectivity index (χ3n) is 4.69. The van der Waals surface area contributed by atoms with Gasteiger partial charge in [-0.2, -0.15) is 0 Å². The van der Waals surface area contributed by atoms with Crippen molar-refractivity contribution in [3.63, 3.8) is 0 Å². The van der Waals surface area contributed by atoms with Gasteiger partial charge in [0.15, 0.2) is 13.2 Å². The van der Waals surface area contributed by atoms with Gasteiger partial charge in [-0.15, -0.1) is 0 Å². The highest BCUT2D eigenvalue weighted by atomic mass is 16.6. The minimum atomic E-state index is -0.696. The number of amides is 1. The normalized spacial score (nSPS) is 14.3. The highest BCUT2D eigenvalue weighted by molar-refractivity contribution is 5.81. The van der Waals surface area contributed by atoms with Gasteiger partial charge in [0.2, 0.25) is 5.75 Å². The average Bonchev–Trinajstić information content (AvgIpc) is 3.49. The van der Waals surface area contributed by atoms with Gasteiger partial charge >= 0.3 is 11.7 Å². The van der Waals surface area contributed by atoms with Crippen molar-refractivity contribution in [3.05, 3.63) is 28.3 Å². The molecule has 0 radical (unpaired) electrons. The van der Waals surface area contributed by atoms with Crippen LogP contribution in [0.25, 0.3) is 0 Å². The van der Waals surface area contributed by atoms with E-state index in [1.807, 2.05) is 20.8 Å². The van der Waals surface area contributed by atoms with Gasteiger partial charge in [-0.1, -0.05) is 13.8 Å². The number of carbonyl (C=O) groups is 2. The molecular weight excluding hydrogens is 368 g/mol. The smallest absolute Gasteiger partial charge is 0.344 e. The molecule has 1 atom stereocenters. The molecule has 28 heavy (non-hydrogen) atoms. The van der Waals surface area contributed by atoms with Crippen LogP contribution >= 0.6 is 0 Å². The summed E-state index contributed by atoms with van der Waals surface area (Å²) in [5.41, 5.74) is -0.206. The summed E-state index contributed by atoms with van der Waals surface area (Å²) >= 11 is 0. The molecule has 1 aromatic carbocycles. The molecule has 1 fully saturated rings. The van der Waals surface area contributed by atoms with Crippen molar-refractivity contribution >= 4 is 17.6 Å². The molecule has 0 aromatic heterocycles. The molecule has 9 nitrogen and oxygen atoms in total. The standard InChI is InChI=1S/C19H26N2O7/c1-12(2)13(3)20(14-5-6-14)18(22)10-28-19(23)11-27-15-7-8-16(21(24)25)17(9-15)26-4/h7-9,12-14H,5-6,10-11H2,1-4H3. The molecular formula is C19H26N2O7. The van der Waals surface area contributed by atoms with Crippen LogP contribution in [0.2, 0.25) is 0 Å². The fourth-order valence-corrected chi connectivity index (χ4v) is 2.74. The van der Waals surface area contributed by atoms with E-state index in [2.05, 4.69) is 0 Å². The highest BCUT2D eigenvalue weighted by Crippen LogP contribution is 2.31. The molecule has 9 heteroatoms. The van der Waals surface area contributed by atoms with Crippen molar-refractivity contribution in [2.45, 2.75) is 45.7 Å². The van der Waals surface area contributed by atoms with E-state index < -0.39 is 17.5 Å². The van der Waals surface area contributed by atoms with Gasteiger partial charge in [0.25, 0.3) is 5.91 Å². The zero-order valence-electron chi connectivity index (χ0n) is 16.5. The zero-order valence-corrected chi connectivity index (χ0v) is 16.5. The number of esters is 1. The Morgan fingerprint density at radius 3 is 2.46 bits per heavy atom. The Balaban J connectivity index is 1.85. The van der Waals surface area contributed by atoms with E-state index in [0.717, 1.165) is 12.8 Å². The Hall–Kier alpha value is -2.84. The van der Waals surface area contributed by atoms with E-state index in [1.54, 1.807) is 4.90 Å². The molecule has 1 amide bonds. The summed E-state index contributed by atoms with van der Waals surface area (Å²) in [5, 5.41) is 10.9. The molecule has 154 valence electrons. The second-order valence-corrected chi connectivity index (χ2v) is 7.06. The molecule has 0 heterocycles. The van der Waals surface area contributed by atoms with E-state index >= 15 is 0 Å². The Labute approximate surface area is 163 Å². The molecule has 0 N–H and O–H groups in total. The first-order chi connectivity index (χ1) is 13.2. The summed E-state index contributed by atoms with van der Waals surface area (Å²) in [6.45, 7) is 5.34. The number of carbonyl (C=O) groups excluding carboxylic acids is 2. The van der Waals surface area contributed by atoms with Gasteiger partial charge in [-0.05, 0) is 31.7 Å². The summed E-state index contributed by atoms with van der Waals surface area (Å²) in [5.74, 6) is -0.360. The van der Waals surface area contributed by atoms with Crippen LogP contribution in [-0.4, -0.2) is 54.1 Å². The predicted octanol–water partition coefficient (Wildman–Crippen LogP) is 2.56. The highest BCUT2D eigenvalue weighted by Gasteiger charge is 2.36. The number of ether oxygens (including phenoxy) is 3. The number of hydrogen-bond donors (Lipinski definition) is 0. The Kier molecular flexibility index (Phi) is 7.19. The van der Waals surface area contributed by atoms with Crippen LogP contribution < -0.4 is 9.47 Å². The van der Waals surface area contributed by atoms with Crippen LogP contribution in [0.1, 0.15) is 33.6 Å². The number of nitro benzene ring substituents is 1. The van der Waals surface area contributed by atoms with E-state index in [0.29, 0.717) is 5.92 Å². The quantitative estimate of drug-likeness (QED) is 0.341. The van der Waals surface area contributed by atoms with Crippen molar-refractivity contribution in [2.75, 3.05) is 20.3 Å². The molecule has 0 bridgehead atoms. The maximum absolute atomic E-state index is 12.5. The number of nitro groups is 1. The molecule has 0 saturated heterocycles. The molecule has 1 aliphatic rings. The fourth-order valence-electron chi connectivity index (χ4n) is 2.74. The van der Waals surface area contributed by atoms with Crippen molar-refractivity contribution in [1.29, 1.82) is 0 Å². The monoisotopic (exact) mass is 394 g/mol. The number of nitrogens with zero attached hydrogens (tertiary/aromatic N) is 2. The van der Waals surface area contributed by atoms with Gasteiger partial charge < -0.3 is 19.1 Å². The van der Waals surface area contributed by atoms with E-state index in [-0.39, 0.29) is 41.8 Å². The average molecular weight is 394 g/mol. The van der Waals surface area contributed by atoms with Gasteiger partial charge in [0.05, 0.1) is 12.0 Å². The Morgan fingerprint density at radius 1 is 1.25 bits per heavy atom. The maximum Gasteiger partial charge on any atom is 0.344 e. The van der Waals surface area contributed by atoms with E-state index in [4.69, 9.17) is 14.2 Å². The molecule has 1 unspecified atom stereocenters. The summed E-state index contributed by atoms with van der Waals surface area (Å²) in [4.78, 5) is 36.5. The summed E-state index contributed by atoms with van der Waals surface area (Å²) < 4.78 is 15.3. The second kappa shape index (κ2) is 9.38. The maximum atomic E-state index is 12.5. The summed E-state index contributed by atoms with van der Waals surface area (Å²) in [6, 6.07) is 4.20. The van der Waals surface area contributed by atoms with Gasteiger partial charge in [0.1, 0.15) is 5.75 Å². The lowest BCUT2D eigenvalue weighted by Gasteiger charge is -2.31. The van der Waals surface area contributed by atoms with Gasteiger partial charge in [-0.3, -0.25) is 14.9 Å². The molecule has 1 saturated carbocycles. The van der Waals surface area contributed by atoms with Crippen molar-refractivity contribution < 1.29 is 28.7 Å². The first-order valence-electron chi connectivity index (χ1n) is 9.16. The largest absolute Gasteiger partial charge is 0.490 e. The lowest BCUT2D eigenvalue weighted by atomic mass is 10.0. The van der Waals surface area contributed by atoms with Crippen molar-refractivity contribution in [2.24, 2.45) is 5.92 Å². The van der Waals surface area contributed by atoms with Crippen LogP contribution in [0.5, 0.6) is 11.5 Å². The number of rotatable bonds is 10. The first kappa shape index (κ1) is 21.5. The van der Waals surface area contributed by atoms with Crippen LogP contribution in [0.3, 0.4) is 0 Å². The molecule has 0 spiro atoms. The van der Waals surface area contributed by atoms with Crippen molar-refractivity contribution in [3.8, 4) is 11.5 Å². The van der Waals surface area contributed by atoms with Crippen LogP contribution in [0, 0.1) is 16.0 Å². The Bertz CT molecular complexity index is 731. The number of hydrogen-bond acceptors (Lipinski definition) is 7. The molecule has 1 aliphatic carbocycles. The minimum absolute atomic E-state index is 0.0220. The van der Waals surface area contributed by atoms with Crippen LogP contribution in [0.15, 0.2) is 18.2 Å². The molecule has 2 rings (SSSR count). The predicted molar refractivity (Wildman–Crippen MR) is 100 cm³/mol. The molecule has 0 aliphatic heterocycles. The SMILES string of the molecule is COc1cc(OCC(=O)OCC(=O)N(C2CC2)C(C)C(C)C)ccc1[N+](=O)[O-]. The van der Waals surface area contributed by atoms with E-state index in [9.17, 15) is 19.7 Å².